The van der Waals surface area contributed by atoms with Crippen LogP contribution in [0.5, 0.6) is 0 Å². The summed E-state index contributed by atoms with van der Waals surface area (Å²) in [6, 6.07) is 2.21. The van der Waals surface area contributed by atoms with Gasteiger partial charge in [-0.2, -0.15) is 13.2 Å². The van der Waals surface area contributed by atoms with Crippen molar-refractivity contribution in [2.45, 2.75) is 33.0 Å². The predicted molar refractivity (Wildman–Crippen MR) is 98.0 cm³/mol. The van der Waals surface area contributed by atoms with Crippen molar-refractivity contribution in [3.8, 4) is 5.13 Å². The molecular formula is C17H21F3N4O3S. The number of thiazole rings is 1. The van der Waals surface area contributed by atoms with Gasteiger partial charge in [0.05, 0.1) is 5.56 Å². The van der Waals surface area contributed by atoms with Crippen molar-refractivity contribution in [3.05, 3.63) is 34.6 Å². The Hall–Kier alpha value is -2.40. The minimum atomic E-state index is -5.08. The average Bonchev–Trinajstić information content (AvgIpc) is 3.22. The lowest BCUT2D eigenvalue weighted by Crippen LogP contribution is -2.52. The largest absolute Gasteiger partial charge is 0.490 e. The molecule has 1 saturated heterocycles. The summed E-state index contributed by atoms with van der Waals surface area (Å²) in [5.74, 6) is -2.63. The van der Waals surface area contributed by atoms with Gasteiger partial charge < -0.3 is 15.3 Å². The summed E-state index contributed by atoms with van der Waals surface area (Å²) in [5, 5.41) is 13.3. The number of carbonyl (C=O) groups excluding carboxylic acids is 1. The summed E-state index contributed by atoms with van der Waals surface area (Å²) in [5.41, 5.74) is 2.81. The van der Waals surface area contributed by atoms with E-state index in [-0.39, 0.29) is 11.9 Å². The lowest BCUT2D eigenvalue weighted by atomic mass is 10.1. The topological polar surface area (TPSA) is 87.5 Å². The molecule has 0 aliphatic carbocycles. The van der Waals surface area contributed by atoms with Crippen molar-refractivity contribution < 1.29 is 27.9 Å². The van der Waals surface area contributed by atoms with Crippen molar-refractivity contribution in [2.75, 3.05) is 19.6 Å². The van der Waals surface area contributed by atoms with E-state index in [0.717, 1.165) is 41.7 Å². The van der Waals surface area contributed by atoms with Crippen molar-refractivity contribution in [1.29, 1.82) is 0 Å². The van der Waals surface area contributed by atoms with Gasteiger partial charge in [-0.15, -0.1) is 11.3 Å². The van der Waals surface area contributed by atoms with Crippen molar-refractivity contribution >= 4 is 23.2 Å². The van der Waals surface area contributed by atoms with Gasteiger partial charge in [0.1, 0.15) is 0 Å². The summed E-state index contributed by atoms with van der Waals surface area (Å²) >= 11 is 1.58. The Labute approximate surface area is 163 Å². The molecule has 1 amide bonds. The molecule has 1 fully saturated rings. The van der Waals surface area contributed by atoms with Crippen molar-refractivity contribution in [3.63, 3.8) is 0 Å². The third-order valence-electron chi connectivity index (χ3n) is 4.28. The quantitative estimate of drug-likeness (QED) is 0.783. The van der Waals surface area contributed by atoms with E-state index in [2.05, 4.69) is 21.8 Å². The van der Waals surface area contributed by atoms with Gasteiger partial charge in [0, 0.05) is 48.6 Å². The number of nitrogens with zero attached hydrogens (tertiary/aromatic N) is 3. The molecule has 1 atom stereocenters. The van der Waals surface area contributed by atoms with Crippen LogP contribution in [-0.2, 0) is 4.79 Å². The van der Waals surface area contributed by atoms with Crippen LogP contribution in [0.15, 0.2) is 17.6 Å². The van der Waals surface area contributed by atoms with Gasteiger partial charge in [-0.05, 0) is 26.8 Å². The molecule has 0 bridgehead atoms. The molecule has 0 aromatic carbocycles. The maximum atomic E-state index is 12.8. The number of amides is 1. The Morgan fingerprint density at radius 1 is 1.36 bits per heavy atom. The van der Waals surface area contributed by atoms with Crippen molar-refractivity contribution in [2.24, 2.45) is 0 Å². The normalized spacial score (nSPS) is 17.1. The first-order chi connectivity index (χ1) is 13.0. The zero-order chi connectivity index (χ0) is 21.1. The molecule has 2 aromatic heterocycles. The van der Waals surface area contributed by atoms with Gasteiger partial charge >= 0.3 is 12.1 Å². The molecule has 3 rings (SSSR count). The molecule has 11 heteroatoms. The van der Waals surface area contributed by atoms with E-state index in [1.807, 2.05) is 30.2 Å². The third-order valence-corrected chi connectivity index (χ3v) is 5.03. The third kappa shape index (κ3) is 4.90. The van der Waals surface area contributed by atoms with Crippen LogP contribution in [0, 0.1) is 13.8 Å². The van der Waals surface area contributed by atoms with Crippen LogP contribution in [0.4, 0.5) is 13.2 Å². The summed E-state index contributed by atoms with van der Waals surface area (Å²) in [7, 11) is 0. The Morgan fingerprint density at radius 2 is 2.00 bits per heavy atom. The highest BCUT2D eigenvalue weighted by molar-refractivity contribution is 7.12. The first-order valence-electron chi connectivity index (χ1n) is 8.44. The number of aryl methyl sites for hydroxylation is 1. The molecule has 1 aliphatic rings. The lowest BCUT2D eigenvalue weighted by molar-refractivity contribution is -0.192. The number of aromatic nitrogens is 2. The molecule has 1 aliphatic heterocycles. The van der Waals surface area contributed by atoms with E-state index >= 15 is 0 Å². The number of rotatable bonds is 2. The molecule has 1 unspecified atom stereocenters. The van der Waals surface area contributed by atoms with Gasteiger partial charge in [0.15, 0.2) is 5.13 Å². The molecule has 0 saturated carbocycles. The number of hydrogen-bond donors (Lipinski definition) is 2. The van der Waals surface area contributed by atoms with Gasteiger partial charge in [0.2, 0.25) is 0 Å². The number of aliphatic carboxylic acids is 1. The number of carboxylic acid groups (broad SMARTS) is 1. The van der Waals surface area contributed by atoms with Crippen molar-refractivity contribution in [1.82, 2.24) is 19.8 Å². The SMILES string of the molecule is Cc1cc(C(=O)N2CCNCC2C)c(C)n1-c1nccs1.O=C(O)C(F)(F)F. The highest BCUT2D eigenvalue weighted by atomic mass is 32.1. The number of carboxylic acids is 1. The standard InChI is InChI=1S/C15H20N4OS.C2HF3O2/c1-10-8-13(12(3)19(10)15-17-5-7-21-15)14(20)18-6-4-16-9-11(18)2;3-2(4,5)1(6)7/h5,7-8,11,16H,4,6,9H2,1-3H3;(H,6,7). The Balaban J connectivity index is 0.000000345. The fourth-order valence-electron chi connectivity index (χ4n) is 2.90. The molecule has 2 N–H and O–H groups in total. The first-order valence-corrected chi connectivity index (χ1v) is 9.32. The molecule has 28 heavy (non-hydrogen) atoms. The highest BCUT2D eigenvalue weighted by Gasteiger charge is 2.38. The number of alkyl halides is 3. The maximum absolute atomic E-state index is 12.8. The Morgan fingerprint density at radius 3 is 2.50 bits per heavy atom. The minimum absolute atomic E-state index is 0.125. The van der Waals surface area contributed by atoms with Gasteiger partial charge in [-0.3, -0.25) is 9.36 Å². The van der Waals surface area contributed by atoms with E-state index in [1.54, 1.807) is 17.5 Å². The van der Waals surface area contributed by atoms with Crippen LogP contribution in [-0.4, -0.2) is 63.3 Å². The fraction of sp³-hybridized carbons (Fsp3) is 0.471. The average molecular weight is 418 g/mol. The van der Waals surface area contributed by atoms with Crippen LogP contribution >= 0.6 is 11.3 Å². The summed E-state index contributed by atoms with van der Waals surface area (Å²) in [6.45, 7) is 8.59. The fourth-order valence-corrected chi connectivity index (χ4v) is 3.65. The molecule has 0 radical (unpaired) electrons. The van der Waals surface area contributed by atoms with E-state index in [0.29, 0.717) is 0 Å². The summed E-state index contributed by atoms with van der Waals surface area (Å²) < 4.78 is 33.8. The number of piperazine rings is 1. The monoisotopic (exact) mass is 418 g/mol. The zero-order valence-corrected chi connectivity index (χ0v) is 16.4. The van der Waals surface area contributed by atoms with Gasteiger partial charge in [0.25, 0.3) is 5.91 Å². The van der Waals surface area contributed by atoms with E-state index < -0.39 is 12.1 Å². The molecule has 0 spiro atoms. The molecule has 3 heterocycles. The molecule has 7 nitrogen and oxygen atoms in total. The zero-order valence-electron chi connectivity index (χ0n) is 15.6. The second kappa shape index (κ2) is 8.74. The highest BCUT2D eigenvalue weighted by Crippen LogP contribution is 2.24. The van der Waals surface area contributed by atoms with E-state index in [4.69, 9.17) is 9.90 Å². The number of halogens is 3. The summed E-state index contributed by atoms with van der Waals surface area (Å²) in [6.07, 6.45) is -3.29. The molecule has 154 valence electrons. The van der Waals surface area contributed by atoms with Crippen LogP contribution in [0.1, 0.15) is 28.7 Å². The van der Waals surface area contributed by atoms with Gasteiger partial charge in [-0.25, -0.2) is 9.78 Å². The molecular weight excluding hydrogens is 397 g/mol. The number of nitrogens with one attached hydrogen (secondary N) is 1. The Kier molecular flexibility index (Phi) is 6.83. The predicted octanol–water partition coefficient (Wildman–Crippen LogP) is 2.62. The number of hydrogen-bond acceptors (Lipinski definition) is 5. The smallest absolute Gasteiger partial charge is 0.475 e. The Bertz CT molecular complexity index is 834. The van der Waals surface area contributed by atoms with Crippen LogP contribution in [0.25, 0.3) is 5.13 Å². The summed E-state index contributed by atoms with van der Waals surface area (Å²) in [4.78, 5) is 28.0. The van der Waals surface area contributed by atoms with E-state index in [1.165, 1.54) is 0 Å². The van der Waals surface area contributed by atoms with Crippen LogP contribution in [0.3, 0.4) is 0 Å². The van der Waals surface area contributed by atoms with Crippen LogP contribution < -0.4 is 5.32 Å². The molecule has 2 aromatic rings. The minimum Gasteiger partial charge on any atom is -0.475 e. The second-order valence-electron chi connectivity index (χ2n) is 6.29. The van der Waals surface area contributed by atoms with Crippen LogP contribution in [0.2, 0.25) is 0 Å². The lowest BCUT2D eigenvalue weighted by Gasteiger charge is -2.34. The first kappa shape index (κ1) is 21.9. The second-order valence-corrected chi connectivity index (χ2v) is 7.16. The number of carbonyl (C=O) groups is 2. The van der Waals surface area contributed by atoms with Gasteiger partial charge in [-0.1, -0.05) is 0 Å². The van der Waals surface area contributed by atoms with E-state index in [9.17, 15) is 18.0 Å². The maximum Gasteiger partial charge on any atom is 0.490 e.